The van der Waals surface area contributed by atoms with E-state index in [1.54, 1.807) is 16.3 Å². The van der Waals surface area contributed by atoms with Crippen molar-refractivity contribution >= 4 is 22.7 Å². The lowest BCUT2D eigenvalue weighted by Crippen LogP contribution is -2.28. The largest absolute Gasteiger partial charge is 0.376 e. The molecule has 1 aromatic heterocycles. The molecule has 3 aromatic rings. The lowest BCUT2D eigenvalue weighted by atomic mass is 10.1. The highest BCUT2D eigenvalue weighted by atomic mass is 32.2. The lowest BCUT2D eigenvalue weighted by Gasteiger charge is -2.16. The fourth-order valence-electron chi connectivity index (χ4n) is 3.33. The number of hydrogen-bond donors (Lipinski definition) is 0. The zero-order chi connectivity index (χ0) is 17.9. The Morgan fingerprint density at radius 3 is 2.81 bits per heavy atom. The van der Waals surface area contributed by atoms with Crippen molar-refractivity contribution in [3.8, 4) is 0 Å². The van der Waals surface area contributed by atoms with E-state index in [9.17, 15) is 4.79 Å². The van der Waals surface area contributed by atoms with E-state index in [4.69, 9.17) is 9.72 Å². The molecule has 0 N–H and O–H groups in total. The molecule has 2 heterocycles. The van der Waals surface area contributed by atoms with Gasteiger partial charge in [0.1, 0.15) is 0 Å². The van der Waals surface area contributed by atoms with E-state index in [-0.39, 0.29) is 11.7 Å². The van der Waals surface area contributed by atoms with Crippen LogP contribution in [0.1, 0.15) is 24.0 Å². The number of thioether (sulfide) groups is 1. The SMILES string of the molecule is Cc1ccccc1CSc1nc2ccccc2c(=O)n1CC1CCCO1. The lowest BCUT2D eigenvalue weighted by molar-refractivity contribution is 0.0937. The Hall–Kier alpha value is -2.11. The van der Waals surface area contributed by atoms with Gasteiger partial charge in [-0.2, -0.15) is 0 Å². The van der Waals surface area contributed by atoms with Gasteiger partial charge in [-0.05, 0) is 43.0 Å². The van der Waals surface area contributed by atoms with Gasteiger partial charge >= 0.3 is 0 Å². The summed E-state index contributed by atoms with van der Waals surface area (Å²) in [5, 5.41) is 1.44. The Morgan fingerprint density at radius 1 is 1.19 bits per heavy atom. The van der Waals surface area contributed by atoms with E-state index >= 15 is 0 Å². The van der Waals surface area contributed by atoms with Crippen LogP contribution in [0.25, 0.3) is 10.9 Å². The summed E-state index contributed by atoms with van der Waals surface area (Å²) in [6.45, 7) is 3.47. The summed E-state index contributed by atoms with van der Waals surface area (Å²) < 4.78 is 7.57. The van der Waals surface area contributed by atoms with E-state index < -0.39 is 0 Å². The summed E-state index contributed by atoms with van der Waals surface area (Å²) >= 11 is 1.62. The molecule has 26 heavy (non-hydrogen) atoms. The monoisotopic (exact) mass is 366 g/mol. The standard InChI is InChI=1S/C21H22N2O2S/c1-15-7-2-3-8-16(15)14-26-21-22-19-11-5-4-10-18(19)20(24)23(21)13-17-9-6-12-25-17/h2-5,7-8,10-11,17H,6,9,12-14H2,1H3. The van der Waals surface area contributed by atoms with E-state index in [2.05, 4.69) is 25.1 Å². The Balaban J connectivity index is 1.71. The fourth-order valence-corrected chi connectivity index (χ4v) is 4.41. The summed E-state index contributed by atoms with van der Waals surface area (Å²) in [4.78, 5) is 17.9. The number of aromatic nitrogens is 2. The normalized spacial score (nSPS) is 17.0. The van der Waals surface area contributed by atoms with Crippen LogP contribution in [-0.2, 0) is 17.0 Å². The number of fused-ring (bicyclic) bond motifs is 1. The average molecular weight is 366 g/mol. The van der Waals surface area contributed by atoms with Gasteiger partial charge in [-0.25, -0.2) is 4.98 Å². The number of benzene rings is 2. The van der Waals surface area contributed by atoms with Crippen molar-refractivity contribution in [1.29, 1.82) is 0 Å². The van der Waals surface area contributed by atoms with Crippen LogP contribution < -0.4 is 5.56 Å². The smallest absolute Gasteiger partial charge is 0.262 e. The maximum atomic E-state index is 13.1. The maximum Gasteiger partial charge on any atom is 0.262 e. The first-order valence-electron chi connectivity index (χ1n) is 9.01. The van der Waals surface area contributed by atoms with Crippen molar-refractivity contribution < 1.29 is 4.74 Å². The van der Waals surface area contributed by atoms with Crippen molar-refractivity contribution in [3.05, 3.63) is 70.0 Å². The predicted octanol–water partition coefficient (Wildman–Crippen LogP) is 4.18. The Kier molecular flexibility index (Phi) is 5.09. The van der Waals surface area contributed by atoms with Crippen molar-refractivity contribution in [1.82, 2.24) is 9.55 Å². The molecule has 0 amide bonds. The molecule has 1 unspecified atom stereocenters. The van der Waals surface area contributed by atoms with Crippen LogP contribution in [0.5, 0.6) is 0 Å². The summed E-state index contributed by atoms with van der Waals surface area (Å²) in [5.74, 6) is 0.795. The Labute approximate surface area is 157 Å². The first kappa shape index (κ1) is 17.3. The molecular weight excluding hydrogens is 344 g/mol. The van der Waals surface area contributed by atoms with Gasteiger partial charge in [0, 0.05) is 12.4 Å². The van der Waals surface area contributed by atoms with E-state index in [0.717, 1.165) is 35.9 Å². The third-order valence-corrected chi connectivity index (χ3v) is 5.88. The zero-order valence-electron chi connectivity index (χ0n) is 14.9. The number of aryl methyl sites for hydroxylation is 1. The topological polar surface area (TPSA) is 44.1 Å². The summed E-state index contributed by atoms with van der Waals surface area (Å²) in [6.07, 6.45) is 2.17. The van der Waals surface area contributed by atoms with E-state index in [1.165, 1.54) is 11.1 Å². The number of nitrogens with zero attached hydrogens (tertiary/aromatic N) is 2. The summed E-state index contributed by atoms with van der Waals surface area (Å²) in [6, 6.07) is 15.9. The van der Waals surface area contributed by atoms with Gasteiger partial charge in [0.05, 0.1) is 23.6 Å². The highest BCUT2D eigenvalue weighted by Crippen LogP contribution is 2.25. The van der Waals surface area contributed by atoms with E-state index in [1.807, 2.05) is 30.3 Å². The van der Waals surface area contributed by atoms with Crippen molar-refractivity contribution in [3.63, 3.8) is 0 Å². The van der Waals surface area contributed by atoms with Gasteiger partial charge in [-0.15, -0.1) is 0 Å². The second kappa shape index (κ2) is 7.64. The summed E-state index contributed by atoms with van der Waals surface area (Å²) in [7, 11) is 0. The van der Waals surface area contributed by atoms with Gasteiger partial charge < -0.3 is 4.74 Å². The molecule has 5 heteroatoms. The van der Waals surface area contributed by atoms with Gasteiger partial charge in [0.2, 0.25) is 0 Å². The molecule has 0 spiro atoms. The van der Waals surface area contributed by atoms with E-state index in [0.29, 0.717) is 11.9 Å². The van der Waals surface area contributed by atoms with Gasteiger partial charge in [-0.3, -0.25) is 9.36 Å². The molecule has 0 radical (unpaired) electrons. The summed E-state index contributed by atoms with van der Waals surface area (Å²) in [5.41, 5.74) is 3.31. The fraction of sp³-hybridized carbons (Fsp3) is 0.333. The molecule has 2 aromatic carbocycles. The molecule has 4 rings (SSSR count). The van der Waals surface area contributed by atoms with Crippen LogP contribution in [-0.4, -0.2) is 22.3 Å². The van der Waals surface area contributed by atoms with Crippen LogP contribution in [0, 0.1) is 6.92 Å². The molecule has 1 saturated heterocycles. The zero-order valence-corrected chi connectivity index (χ0v) is 15.7. The number of ether oxygens (including phenoxy) is 1. The molecule has 0 saturated carbocycles. The third-order valence-electron chi connectivity index (χ3n) is 4.85. The first-order valence-corrected chi connectivity index (χ1v) is 9.99. The number of hydrogen-bond acceptors (Lipinski definition) is 4. The maximum absolute atomic E-state index is 13.1. The molecule has 134 valence electrons. The molecule has 0 aliphatic carbocycles. The Morgan fingerprint density at radius 2 is 2.00 bits per heavy atom. The average Bonchev–Trinajstić information content (AvgIpc) is 3.17. The van der Waals surface area contributed by atoms with Crippen LogP contribution in [0.3, 0.4) is 0 Å². The van der Waals surface area contributed by atoms with Crippen LogP contribution in [0.4, 0.5) is 0 Å². The van der Waals surface area contributed by atoms with Crippen LogP contribution in [0.15, 0.2) is 58.5 Å². The minimum absolute atomic E-state index is 0.0263. The predicted molar refractivity (Wildman–Crippen MR) is 106 cm³/mol. The van der Waals surface area contributed by atoms with Crippen molar-refractivity contribution in [2.45, 2.75) is 43.3 Å². The van der Waals surface area contributed by atoms with Gasteiger partial charge in [0.15, 0.2) is 5.16 Å². The van der Waals surface area contributed by atoms with Crippen molar-refractivity contribution in [2.24, 2.45) is 0 Å². The molecule has 4 nitrogen and oxygen atoms in total. The molecule has 1 aliphatic rings. The second-order valence-electron chi connectivity index (χ2n) is 6.68. The second-order valence-corrected chi connectivity index (χ2v) is 7.62. The third kappa shape index (κ3) is 3.55. The number of rotatable bonds is 5. The number of para-hydroxylation sites is 1. The van der Waals surface area contributed by atoms with Crippen LogP contribution >= 0.6 is 11.8 Å². The van der Waals surface area contributed by atoms with Crippen molar-refractivity contribution in [2.75, 3.05) is 6.61 Å². The molecule has 0 bridgehead atoms. The minimum atomic E-state index is 0.0263. The Bertz CT molecular complexity index is 977. The quantitative estimate of drug-likeness (QED) is 0.502. The highest BCUT2D eigenvalue weighted by molar-refractivity contribution is 7.98. The van der Waals surface area contributed by atoms with Crippen LogP contribution in [0.2, 0.25) is 0 Å². The molecular formula is C21H22N2O2S. The minimum Gasteiger partial charge on any atom is -0.376 e. The molecule has 1 atom stereocenters. The first-order chi connectivity index (χ1) is 12.7. The molecule has 1 aliphatic heterocycles. The molecule has 1 fully saturated rings. The van der Waals surface area contributed by atoms with Gasteiger partial charge in [-0.1, -0.05) is 48.2 Å². The van der Waals surface area contributed by atoms with Gasteiger partial charge in [0.25, 0.3) is 5.56 Å². The highest BCUT2D eigenvalue weighted by Gasteiger charge is 2.20.